The Kier molecular flexibility index (Phi) is 4.73. The fourth-order valence-corrected chi connectivity index (χ4v) is 3.65. The zero-order chi connectivity index (χ0) is 20.7. The first-order valence-corrected chi connectivity index (χ1v) is 9.43. The topological polar surface area (TPSA) is 104 Å². The Morgan fingerprint density at radius 3 is 2.97 bits per heavy atom. The third kappa shape index (κ3) is 3.12. The number of carbonyl (C=O) groups is 1. The summed E-state index contributed by atoms with van der Waals surface area (Å²) in [7, 11) is 0. The van der Waals surface area contributed by atoms with Crippen LogP contribution in [0.1, 0.15) is 36.7 Å². The van der Waals surface area contributed by atoms with Crippen molar-refractivity contribution in [1.29, 1.82) is 0 Å². The van der Waals surface area contributed by atoms with Crippen LogP contribution in [0, 0.1) is 5.82 Å². The standard InChI is InChI=1S/C20H22FN5O3/c1-11-9-29-20-17(24-4-3-6-25-7-5-23-10-25)15(21)16(22)14-18(20)26(11)8-13(12(2)27)19(14)28/h5,7-8,10-11,24H,3-4,6,9,22H2,1-2H3/t11-/m0/s1. The lowest BCUT2D eigenvalue weighted by molar-refractivity contribution is 0.101. The maximum Gasteiger partial charge on any atom is 0.202 e. The lowest BCUT2D eigenvalue weighted by Gasteiger charge is -2.29. The van der Waals surface area contributed by atoms with E-state index < -0.39 is 11.2 Å². The number of nitrogen functional groups attached to an aromatic ring is 1. The number of nitrogens with two attached hydrogens (primary N) is 1. The van der Waals surface area contributed by atoms with Gasteiger partial charge in [0.15, 0.2) is 17.3 Å². The zero-order valence-corrected chi connectivity index (χ0v) is 16.2. The largest absolute Gasteiger partial charge is 0.487 e. The predicted octanol–water partition coefficient (Wildman–Crippen LogP) is 2.58. The van der Waals surface area contributed by atoms with Crippen LogP contribution in [0.25, 0.3) is 10.9 Å². The molecule has 0 aliphatic carbocycles. The molecule has 0 saturated carbocycles. The van der Waals surface area contributed by atoms with Gasteiger partial charge in [0, 0.05) is 31.7 Å². The van der Waals surface area contributed by atoms with Gasteiger partial charge in [0.1, 0.15) is 12.3 Å². The van der Waals surface area contributed by atoms with Crippen molar-refractivity contribution in [2.75, 3.05) is 24.2 Å². The van der Waals surface area contributed by atoms with E-state index in [-0.39, 0.29) is 46.5 Å². The molecule has 2 aromatic heterocycles. The summed E-state index contributed by atoms with van der Waals surface area (Å²) < 4.78 is 24.6. The van der Waals surface area contributed by atoms with Crippen LogP contribution in [0.3, 0.4) is 0 Å². The molecule has 3 heterocycles. The number of pyridine rings is 1. The maximum absolute atomic E-state index is 15.1. The molecule has 1 aliphatic heterocycles. The van der Waals surface area contributed by atoms with Crippen molar-refractivity contribution in [3.05, 3.63) is 46.5 Å². The molecule has 1 aromatic carbocycles. The minimum Gasteiger partial charge on any atom is -0.487 e. The molecule has 4 rings (SSSR count). The first-order valence-electron chi connectivity index (χ1n) is 9.43. The highest BCUT2D eigenvalue weighted by Crippen LogP contribution is 2.43. The lowest BCUT2D eigenvalue weighted by Crippen LogP contribution is -2.27. The van der Waals surface area contributed by atoms with Gasteiger partial charge in [0.2, 0.25) is 5.43 Å². The number of anilines is 2. The average molecular weight is 399 g/mol. The highest BCUT2D eigenvalue weighted by atomic mass is 19.1. The number of imidazole rings is 1. The molecule has 0 spiro atoms. The summed E-state index contributed by atoms with van der Waals surface area (Å²) in [5, 5.41) is 3.05. The van der Waals surface area contributed by atoms with E-state index in [4.69, 9.17) is 10.5 Å². The van der Waals surface area contributed by atoms with Crippen molar-refractivity contribution < 1.29 is 13.9 Å². The second-order valence-corrected chi connectivity index (χ2v) is 7.23. The monoisotopic (exact) mass is 399 g/mol. The van der Waals surface area contributed by atoms with E-state index in [1.54, 1.807) is 17.1 Å². The van der Waals surface area contributed by atoms with Crippen LogP contribution < -0.4 is 21.2 Å². The lowest BCUT2D eigenvalue weighted by atomic mass is 10.0. The van der Waals surface area contributed by atoms with Crippen LogP contribution in [0.5, 0.6) is 5.75 Å². The van der Waals surface area contributed by atoms with Crippen LogP contribution in [-0.4, -0.2) is 33.1 Å². The van der Waals surface area contributed by atoms with E-state index in [1.807, 2.05) is 17.7 Å². The number of ketones is 1. The second kappa shape index (κ2) is 7.23. The van der Waals surface area contributed by atoms with Crippen molar-refractivity contribution in [3.63, 3.8) is 0 Å². The summed E-state index contributed by atoms with van der Waals surface area (Å²) in [6.07, 6.45) is 7.51. The van der Waals surface area contributed by atoms with E-state index in [0.717, 1.165) is 13.0 Å². The number of halogens is 1. The van der Waals surface area contributed by atoms with Gasteiger partial charge in [-0.25, -0.2) is 9.37 Å². The van der Waals surface area contributed by atoms with Gasteiger partial charge in [-0.15, -0.1) is 0 Å². The molecular formula is C20H22FN5O3. The van der Waals surface area contributed by atoms with E-state index in [1.165, 1.54) is 13.1 Å². The first kappa shape index (κ1) is 19.0. The smallest absolute Gasteiger partial charge is 0.202 e. The predicted molar refractivity (Wildman–Crippen MR) is 108 cm³/mol. The Hall–Kier alpha value is -3.36. The third-order valence-corrected chi connectivity index (χ3v) is 5.18. The summed E-state index contributed by atoms with van der Waals surface area (Å²) in [5.74, 6) is -0.879. The van der Waals surface area contributed by atoms with Gasteiger partial charge in [-0.1, -0.05) is 0 Å². The molecule has 152 valence electrons. The van der Waals surface area contributed by atoms with Crippen LogP contribution in [-0.2, 0) is 6.54 Å². The molecular weight excluding hydrogens is 377 g/mol. The first-order chi connectivity index (χ1) is 13.9. The molecule has 29 heavy (non-hydrogen) atoms. The number of nitrogens with zero attached hydrogens (tertiary/aromatic N) is 3. The van der Waals surface area contributed by atoms with E-state index in [0.29, 0.717) is 12.1 Å². The van der Waals surface area contributed by atoms with Crippen molar-refractivity contribution in [1.82, 2.24) is 14.1 Å². The Balaban J connectivity index is 1.79. The molecule has 8 nitrogen and oxygen atoms in total. The molecule has 0 unspecified atom stereocenters. The molecule has 0 fully saturated rings. The number of hydrogen-bond donors (Lipinski definition) is 2. The van der Waals surface area contributed by atoms with Gasteiger partial charge < -0.3 is 24.9 Å². The molecule has 0 saturated heterocycles. The Bertz CT molecular complexity index is 1150. The normalized spacial score (nSPS) is 15.3. The van der Waals surface area contributed by atoms with E-state index >= 15 is 4.39 Å². The fourth-order valence-electron chi connectivity index (χ4n) is 3.65. The second-order valence-electron chi connectivity index (χ2n) is 7.23. The minimum absolute atomic E-state index is 0.00987. The number of benzene rings is 1. The summed E-state index contributed by atoms with van der Waals surface area (Å²) in [6.45, 7) is 4.69. The SMILES string of the molecule is CC(=O)c1cn2c3c(c(NCCCn4ccnc4)c(F)c(N)c3c1=O)OC[C@@H]2C. The number of ether oxygens (including phenoxy) is 1. The van der Waals surface area contributed by atoms with Gasteiger partial charge in [-0.3, -0.25) is 9.59 Å². The molecule has 1 atom stereocenters. The number of rotatable bonds is 6. The Morgan fingerprint density at radius 2 is 2.28 bits per heavy atom. The van der Waals surface area contributed by atoms with E-state index in [2.05, 4.69) is 10.3 Å². The van der Waals surface area contributed by atoms with Crippen molar-refractivity contribution >= 4 is 28.1 Å². The summed E-state index contributed by atoms with van der Waals surface area (Å²) in [5.41, 5.74) is 5.71. The van der Waals surface area contributed by atoms with E-state index in [9.17, 15) is 9.59 Å². The molecule has 1 aliphatic rings. The number of nitrogens with one attached hydrogen (secondary N) is 1. The Morgan fingerprint density at radius 1 is 1.48 bits per heavy atom. The number of Topliss-reactive ketones (excluding diaryl/α,β-unsaturated/α-hetero) is 1. The number of carbonyl (C=O) groups excluding carboxylic acids is 1. The van der Waals surface area contributed by atoms with Gasteiger partial charge >= 0.3 is 0 Å². The quantitative estimate of drug-likeness (QED) is 0.375. The molecule has 3 aromatic rings. The van der Waals surface area contributed by atoms with Crippen LogP contribution in [0.2, 0.25) is 0 Å². The molecule has 0 radical (unpaired) electrons. The zero-order valence-electron chi connectivity index (χ0n) is 16.2. The van der Waals surface area contributed by atoms with Crippen LogP contribution in [0.15, 0.2) is 29.7 Å². The molecule has 3 N–H and O–H groups in total. The minimum atomic E-state index is -0.742. The summed E-state index contributed by atoms with van der Waals surface area (Å²) in [4.78, 5) is 28.7. The maximum atomic E-state index is 15.1. The van der Waals surface area contributed by atoms with Crippen molar-refractivity contribution in [2.24, 2.45) is 0 Å². The van der Waals surface area contributed by atoms with Crippen molar-refractivity contribution in [3.8, 4) is 5.75 Å². The number of hydrogen-bond acceptors (Lipinski definition) is 6. The highest BCUT2D eigenvalue weighted by molar-refractivity contribution is 6.04. The van der Waals surface area contributed by atoms with Crippen LogP contribution in [0.4, 0.5) is 15.8 Å². The molecule has 0 amide bonds. The van der Waals surface area contributed by atoms with Gasteiger partial charge in [-0.05, 0) is 20.3 Å². The van der Waals surface area contributed by atoms with Crippen LogP contribution >= 0.6 is 0 Å². The highest BCUT2D eigenvalue weighted by Gasteiger charge is 2.29. The third-order valence-electron chi connectivity index (χ3n) is 5.18. The molecule has 0 bridgehead atoms. The van der Waals surface area contributed by atoms with Crippen molar-refractivity contribution in [2.45, 2.75) is 32.9 Å². The fraction of sp³-hybridized carbons (Fsp3) is 0.350. The summed E-state index contributed by atoms with van der Waals surface area (Å²) >= 11 is 0. The summed E-state index contributed by atoms with van der Waals surface area (Å²) in [6, 6.07) is -0.136. The van der Waals surface area contributed by atoms with Gasteiger partial charge in [0.05, 0.1) is 34.5 Å². The molecule has 9 heteroatoms. The van der Waals surface area contributed by atoms with Gasteiger partial charge in [-0.2, -0.15) is 0 Å². The average Bonchev–Trinajstić information content (AvgIpc) is 3.20. The number of aromatic nitrogens is 3. The van der Waals surface area contributed by atoms with Gasteiger partial charge in [0.25, 0.3) is 0 Å². The number of aryl methyl sites for hydroxylation is 1. The Labute approximate surface area is 166 Å².